The second kappa shape index (κ2) is 6.45. The van der Waals surface area contributed by atoms with Gasteiger partial charge in [-0.3, -0.25) is 18.7 Å². The van der Waals surface area contributed by atoms with E-state index in [4.69, 9.17) is 0 Å². The van der Waals surface area contributed by atoms with Crippen molar-refractivity contribution in [2.24, 2.45) is 7.05 Å². The number of carbonyl (C=O) groups excluding carboxylic acids is 1. The monoisotopic (exact) mass is 343 g/mol. The predicted octanol–water partition coefficient (Wildman–Crippen LogP) is 1.42. The van der Waals surface area contributed by atoms with E-state index in [0.717, 1.165) is 15.5 Å². The molecule has 7 heteroatoms. The highest BCUT2D eigenvalue weighted by Crippen LogP contribution is 2.26. The summed E-state index contributed by atoms with van der Waals surface area (Å²) in [5.41, 5.74) is 0.200. The summed E-state index contributed by atoms with van der Waals surface area (Å²) < 4.78 is 3.41. The fraction of sp³-hybridized carbons (Fsp3) is 0.235. The van der Waals surface area contributed by atoms with Gasteiger partial charge in [-0.2, -0.15) is 0 Å². The molecule has 0 bridgehead atoms. The molecule has 0 aliphatic carbocycles. The highest BCUT2D eigenvalue weighted by Gasteiger charge is 2.14. The number of rotatable bonds is 4. The van der Waals surface area contributed by atoms with E-state index in [0.29, 0.717) is 6.54 Å². The molecule has 0 N–H and O–H groups in total. The number of carbonyl (C=O) groups is 1. The van der Waals surface area contributed by atoms with Gasteiger partial charge in [0.05, 0.1) is 0 Å². The summed E-state index contributed by atoms with van der Waals surface area (Å²) in [6.07, 6.45) is 1.36. The molecule has 2 heterocycles. The number of amides is 1. The lowest BCUT2D eigenvalue weighted by Crippen LogP contribution is -2.40. The van der Waals surface area contributed by atoms with Gasteiger partial charge in [0.1, 0.15) is 6.54 Å². The third kappa shape index (κ3) is 3.03. The molecule has 1 amide bonds. The zero-order valence-corrected chi connectivity index (χ0v) is 14.2. The largest absolute Gasteiger partial charge is 0.340 e. The van der Waals surface area contributed by atoms with E-state index in [1.165, 1.54) is 28.6 Å². The van der Waals surface area contributed by atoms with Crippen molar-refractivity contribution in [3.63, 3.8) is 0 Å². The van der Waals surface area contributed by atoms with E-state index in [-0.39, 0.29) is 18.0 Å². The molecule has 0 saturated carbocycles. The summed E-state index contributed by atoms with van der Waals surface area (Å²) in [6.45, 7) is 0.384. The zero-order valence-electron chi connectivity index (χ0n) is 13.4. The number of hydrogen-bond donors (Lipinski definition) is 0. The third-order valence-corrected chi connectivity index (χ3v) is 4.97. The summed E-state index contributed by atoms with van der Waals surface area (Å²) in [6, 6.07) is 9.33. The van der Waals surface area contributed by atoms with Crippen molar-refractivity contribution < 1.29 is 4.79 Å². The number of thiophene rings is 1. The van der Waals surface area contributed by atoms with Crippen molar-refractivity contribution in [2.45, 2.75) is 13.1 Å². The molecule has 24 heavy (non-hydrogen) atoms. The van der Waals surface area contributed by atoms with E-state index in [2.05, 4.69) is 6.07 Å². The Morgan fingerprint density at radius 1 is 1.21 bits per heavy atom. The van der Waals surface area contributed by atoms with Crippen LogP contribution in [0, 0.1) is 0 Å². The minimum atomic E-state index is -0.495. The molecule has 3 rings (SSSR count). The number of likely N-dealkylation sites (N-methyl/N-ethyl adjacent to an activating group) is 1. The van der Waals surface area contributed by atoms with Crippen LogP contribution in [0.3, 0.4) is 0 Å². The number of hydrogen-bond acceptors (Lipinski definition) is 4. The van der Waals surface area contributed by atoms with E-state index in [1.54, 1.807) is 23.3 Å². The topological polar surface area (TPSA) is 64.3 Å². The smallest absolute Gasteiger partial charge is 0.331 e. The Bertz CT molecular complexity index is 1020. The van der Waals surface area contributed by atoms with Gasteiger partial charge >= 0.3 is 5.69 Å². The van der Waals surface area contributed by atoms with E-state index in [9.17, 15) is 14.4 Å². The fourth-order valence-electron chi connectivity index (χ4n) is 2.50. The molecule has 0 atom stereocenters. The van der Waals surface area contributed by atoms with E-state index in [1.807, 2.05) is 23.6 Å². The molecule has 0 radical (unpaired) electrons. The Morgan fingerprint density at radius 2 is 1.96 bits per heavy atom. The molecule has 0 saturated heterocycles. The molecule has 0 aliphatic heterocycles. The van der Waals surface area contributed by atoms with E-state index < -0.39 is 5.69 Å². The van der Waals surface area contributed by atoms with Crippen molar-refractivity contribution >= 4 is 27.3 Å². The van der Waals surface area contributed by atoms with Crippen molar-refractivity contribution in [1.29, 1.82) is 0 Å². The van der Waals surface area contributed by atoms with Crippen molar-refractivity contribution in [3.05, 3.63) is 68.3 Å². The summed E-state index contributed by atoms with van der Waals surface area (Å²) in [5, 5.41) is 3.19. The SMILES string of the molecule is CN(Cc1csc2ccccc12)C(=O)Cn1ccc(=O)n(C)c1=O. The summed E-state index contributed by atoms with van der Waals surface area (Å²) >= 11 is 1.65. The minimum Gasteiger partial charge on any atom is -0.340 e. The molecule has 6 nitrogen and oxygen atoms in total. The Hall–Kier alpha value is -2.67. The molecule has 3 aromatic rings. The lowest BCUT2D eigenvalue weighted by molar-refractivity contribution is -0.131. The maximum Gasteiger partial charge on any atom is 0.331 e. The predicted molar refractivity (Wildman–Crippen MR) is 94.2 cm³/mol. The second-order valence-corrected chi connectivity index (χ2v) is 6.54. The number of nitrogens with zero attached hydrogens (tertiary/aromatic N) is 3. The highest BCUT2D eigenvalue weighted by atomic mass is 32.1. The highest BCUT2D eigenvalue weighted by molar-refractivity contribution is 7.17. The Balaban J connectivity index is 1.77. The van der Waals surface area contributed by atoms with Crippen LogP contribution in [0.1, 0.15) is 5.56 Å². The van der Waals surface area contributed by atoms with Gasteiger partial charge in [0.2, 0.25) is 5.91 Å². The molecular weight excluding hydrogens is 326 g/mol. The molecule has 0 aliphatic rings. The van der Waals surface area contributed by atoms with Crippen LogP contribution in [0.5, 0.6) is 0 Å². The van der Waals surface area contributed by atoms with Gasteiger partial charge in [-0.25, -0.2) is 4.79 Å². The van der Waals surface area contributed by atoms with Crippen LogP contribution in [0.15, 0.2) is 51.5 Å². The van der Waals surface area contributed by atoms with Crippen LogP contribution in [0.25, 0.3) is 10.1 Å². The molecule has 0 spiro atoms. The van der Waals surface area contributed by atoms with Crippen LogP contribution in [-0.4, -0.2) is 27.0 Å². The first-order valence-electron chi connectivity index (χ1n) is 7.43. The summed E-state index contributed by atoms with van der Waals surface area (Å²) in [5.74, 6) is -0.189. The van der Waals surface area contributed by atoms with Gasteiger partial charge in [0, 0.05) is 37.6 Å². The van der Waals surface area contributed by atoms with Crippen LogP contribution in [0.2, 0.25) is 0 Å². The van der Waals surface area contributed by atoms with Gasteiger partial charge in [0.25, 0.3) is 5.56 Å². The third-order valence-electron chi connectivity index (χ3n) is 3.96. The number of aromatic nitrogens is 2. The van der Waals surface area contributed by atoms with Crippen molar-refractivity contribution in [3.8, 4) is 0 Å². The first-order chi connectivity index (χ1) is 11.5. The molecule has 1 aromatic carbocycles. The average Bonchev–Trinajstić information content (AvgIpc) is 2.98. The Morgan fingerprint density at radius 3 is 2.75 bits per heavy atom. The van der Waals surface area contributed by atoms with Gasteiger partial charge in [0.15, 0.2) is 0 Å². The maximum atomic E-state index is 12.4. The Kier molecular flexibility index (Phi) is 4.35. The van der Waals surface area contributed by atoms with Crippen LogP contribution in [0.4, 0.5) is 0 Å². The molecule has 2 aromatic heterocycles. The lowest BCUT2D eigenvalue weighted by atomic mass is 10.2. The van der Waals surface area contributed by atoms with Gasteiger partial charge in [-0.1, -0.05) is 18.2 Å². The maximum absolute atomic E-state index is 12.4. The number of fused-ring (bicyclic) bond motifs is 1. The average molecular weight is 343 g/mol. The van der Waals surface area contributed by atoms with Gasteiger partial charge in [-0.05, 0) is 22.4 Å². The molecule has 0 fully saturated rings. The quantitative estimate of drug-likeness (QED) is 0.720. The van der Waals surface area contributed by atoms with Crippen LogP contribution < -0.4 is 11.2 Å². The van der Waals surface area contributed by atoms with Crippen molar-refractivity contribution in [1.82, 2.24) is 14.0 Å². The van der Waals surface area contributed by atoms with Crippen molar-refractivity contribution in [2.75, 3.05) is 7.05 Å². The van der Waals surface area contributed by atoms with Gasteiger partial charge < -0.3 is 4.90 Å². The zero-order chi connectivity index (χ0) is 17.3. The molecular formula is C17H17N3O3S. The van der Waals surface area contributed by atoms with E-state index >= 15 is 0 Å². The molecule has 0 unspecified atom stereocenters. The summed E-state index contributed by atoms with van der Waals surface area (Å²) in [7, 11) is 3.11. The minimum absolute atomic E-state index is 0.0917. The number of benzene rings is 1. The van der Waals surface area contributed by atoms with Crippen LogP contribution >= 0.6 is 11.3 Å². The Labute approximate surface area is 142 Å². The van der Waals surface area contributed by atoms with Crippen LogP contribution in [-0.2, 0) is 24.9 Å². The second-order valence-electron chi connectivity index (χ2n) is 5.63. The normalized spacial score (nSPS) is 10.9. The first kappa shape index (κ1) is 16.2. The summed E-state index contributed by atoms with van der Waals surface area (Å²) in [4.78, 5) is 37.4. The molecule has 124 valence electrons. The standard InChI is InChI=1S/C17H17N3O3S/c1-18(9-12-11-24-14-6-4-3-5-13(12)14)16(22)10-20-8-7-15(21)19(2)17(20)23/h3-8,11H,9-10H2,1-2H3. The van der Waals surface area contributed by atoms with Gasteiger partial charge in [-0.15, -0.1) is 11.3 Å². The fourth-order valence-corrected chi connectivity index (χ4v) is 3.46. The first-order valence-corrected chi connectivity index (χ1v) is 8.31. The lowest BCUT2D eigenvalue weighted by Gasteiger charge is -2.17.